The van der Waals surface area contributed by atoms with Gasteiger partial charge in [-0.3, -0.25) is 15.1 Å². The normalized spacial score (nSPS) is 14.6. The van der Waals surface area contributed by atoms with Gasteiger partial charge in [0, 0.05) is 51.4 Å². The summed E-state index contributed by atoms with van der Waals surface area (Å²) in [6.07, 6.45) is 1.07. The molecule has 226 valence electrons. The molecule has 3 N–H and O–H groups in total. The van der Waals surface area contributed by atoms with Gasteiger partial charge < -0.3 is 29.2 Å². The number of nitrogens with zero attached hydrogens (tertiary/aromatic N) is 4. The van der Waals surface area contributed by atoms with Crippen molar-refractivity contribution < 1.29 is 24.2 Å². The first kappa shape index (κ1) is 31.6. The molecule has 0 spiro atoms. The molecule has 0 radical (unpaired) electrons. The molecule has 4 aromatic rings. The number of carbonyl (C=O) groups is 1. The molecule has 1 unspecified atom stereocenters. The van der Waals surface area contributed by atoms with Crippen molar-refractivity contribution in [3.63, 3.8) is 0 Å². The van der Waals surface area contributed by atoms with Gasteiger partial charge >= 0.3 is 0 Å². The lowest BCUT2D eigenvalue weighted by atomic mass is 9.99. The van der Waals surface area contributed by atoms with E-state index in [-0.39, 0.29) is 25.0 Å². The van der Waals surface area contributed by atoms with Crippen molar-refractivity contribution in [1.82, 2.24) is 20.2 Å². The minimum absolute atomic E-state index is 0.0463. The second-order valence-corrected chi connectivity index (χ2v) is 12.0. The quantitative estimate of drug-likeness (QED) is 0.173. The standard InChI is InChI=1S/C31H41N5O5S/c1-6-35(5)30-33-25-13-12-23(15-28(25)41-30)29(38)36(17-21(2)3)18-27(37)26(14-22-10-8-7-9-11-22)34-31(4,39)40-19-24-16-32-20-42-24/h7-13,15-16,20-21,26-27,34,37,39H,6,14,17-19H2,1-5H3/t26-,27-,31?/m0/s1. The van der Waals surface area contributed by atoms with Crippen molar-refractivity contribution in [2.24, 2.45) is 5.92 Å². The number of hydrogen-bond acceptors (Lipinski definition) is 10. The smallest absolute Gasteiger partial charge is 0.298 e. The Morgan fingerprint density at radius 3 is 2.62 bits per heavy atom. The Bertz CT molecular complexity index is 1410. The van der Waals surface area contributed by atoms with E-state index in [1.807, 2.05) is 63.1 Å². The zero-order valence-electron chi connectivity index (χ0n) is 24.9. The van der Waals surface area contributed by atoms with E-state index in [4.69, 9.17) is 9.15 Å². The van der Waals surface area contributed by atoms with Gasteiger partial charge in [0.05, 0.1) is 23.1 Å². The molecule has 0 aliphatic rings. The van der Waals surface area contributed by atoms with E-state index in [9.17, 15) is 15.0 Å². The minimum atomic E-state index is -1.74. The second kappa shape index (κ2) is 14.2. The highest BCUT2D eigenvalue weighted by Crippen LogP contribution is 2.24. The maximum atomic E-state index is 13.8. The fourth-order valence-corrected chi connectivity index (χ4v) is 5.13. The fourth-order valence-electron chi connectivity index (χ4n) is 4.62. The molecule has 0 aliphatic carbocycles. The molecule has 2 aromatic heterocycles. The highest BCUT2D eigenvalue weighted by molar-refractivity contribution is 7.09. The average molecular weight is 596 g/mol. The summed E-state index contributed by atoms with van der Waals surface area (Å²) in [5.74, 6) is -1.80. The number of carbonyl (C=O) groups excluding carboxylic acids is 1. The number of amides is 1. The minimum Gasteiger partial charge on any atom is -0.423 e. The number of fused-ring (bicyclic) bond motifs is 1. The zero-order valence-corrected chi connectivity index (χ0v) is 25.7. The zero-order chi connectivity index (χ0) is 30.3. The van der Waals surface area contributed by atoms with Gasteiger partial charge in [0.2, 0.25) is 5.91 Å². The first-order valence-corrected chi connectivity index (χ1v) is 15.1. The van der Waals surface area contributed by atoms with Crippen LogP contribution in [0, 0.1) is 5.92 Å². The lowest BCUT2D eigenvalue weighted by Gasteiger charge is -2.35. The monoisotopic (exact) mass is 595 g/mol. The summed E-state index contributed by atoms with van der Waals surface area (Å²) < 4.78 is 11.7. The molecular formula is C31H41N5O5S. The van der Waals surface area contributed by atoms with Gasteiger partial charge in [-0.2, -0.15) is 4.98 Å². The van der Waals surface area contributed by atoms with Gasteiger partial charge in [-0.05, 0) is 43.0 Å². The third kappa shape index (κ3) is 8.59. The third-order valence-electron chi connectivity index (χ3n) is 6.90. The SMILES string of the molecule is CCN(C)c1nc2ccc(C(=O)N(CC(C)C)C[C@H](O)[C@H](Cc3ccccc3)NC(C)(O)OCc3cncs3)cc2o1. The number of benzene rings is 2. The second-order valence-electron chi connectivity index (χ2n) is 11.0. The van der Waals surface area contributed by atoms with E-state index in [2.05, 4.69) is 15.3 Å². The molecule has 42 heavy (non-hydrogen) atoms. The average Bonchev–Trinajstić information content (AvgIpc) is 3.64. The molecule has 0 fully saturated rings. The maximum absolute atomic E-state index is 13.8. The molecule has 11 heteroatoms. The number of rotatable bonds is 15. The van der Waals surface area contributed by atoms with Crippen LogP contribution in [0.3, 0.4) is 0 Å². The lowest BCUT2D eigenvalue weighted by Crippen LogP contribution is -2.57. The largest absolute Gasteiger partial charge is 0.423 e. The van der Waals surface area contributed by atoms with E-state index in [0.29, 0.717) is 35.6 Å². The molecule has 2 aromatic carbocycles. The highest BCUT2D eigenvalue weighted by atomic mass is 32.1. The number of aliphatic hydroxyl groups excluding tert-OH is 1. The predicted molar refractivity (Wildman–Crippen MR) is 164 cm³/mol. The Kier molecular flexibility index (Phi) is 10.7. The van der Waals surface area contributed by atoms with E-state index in [0.717, 1.165) is 17.0 Å². The molecule has 0 aliphatic heterocycles. The Balaban J connectivity index is 1.54. The van der Waals surface area contributed by atoms with E-state index >= 15 is 0 Å². The predicted octanol–water partition coefficient (Wildman–Crippen LogP) is 4.28. The summed E-state index contributed by atoms with van der Waals surface area (Å²) in [6, 6.07) is 14.8. The van der Waals surface area contributed by atoms with E-state index in [1.165, 1.54) is 18.3 Å². The molecule has 1 amide bonds. The van der Waals surface area contributed by atoms with Crippen molar-refractivity contribution in [2.75, 3.05) is 31.6 Å². The number of anilines is 1. The lowest BCUT2D eigenvalue weighted by molar-refractivity contribution is -0.227. The fraction of sp³-hybridized carbons (Fsp3) is 0.452. The van der Waals surface area contributed by atoms with Gasteiger partial charge in [-0.25, -0.2) is 0 Å². The van der Waals surface area contributed by atoms with Crippen molar-refractivity contribution in [3.8, 4) is 0 Å². The highest BCUT2D eigenvalue weighted by Gasteiger charge is 2.32. The van der Waals surface area contributed by atoms with Gasteiger partial charge in [0.1, 0.15) is 5.52 Å². The van der Waals surface area contributed by atoms with Crippen LogP contribution in [0.5, 0.6) is 0 Å². The summed E-state index contributed by atoms with van der Waals surface area (Å²) in [4.78, 5) is 26.7. The number of hydrogen-bond donors (Lipinski definition) is 3. The number of nitrogens with one attached hydrogen (secondary N) is 1. The molecule has 10 nitrogen and oxygen atoms in total. The van der Waals surface area contributed by atoms with Crippen molar-refractivity contribution >= 4 is 34.4 Å². The molecule has 4 rings (SSSR count). The van der Waals surface area contributed by atoms with Crippen LogP contribution in [0.25, 0.3) is 11.1 Å². The van der Waals surface area contributed by atoms with Crippen LogP contribution in [0.1, 0.15) is 48.5 Å². The summed E-state index contributed by atoms with van der Waals surface area (Å²) in [5, 5.41) is 25.7. The molecule has 0 saturated carbocycles. The van der Waals surface area contributed by atoms with Crippen LogP contribution in [0.4, 0.5) is 6.01 Å². The van der Waals surface area contributed by atoms with Gasteiger partial charge in [-0.1, -0.05) is 44.2 Å². The third-order valence-corrected chi connectivity index (χ3v) is 7.65. The van der Waals surface area contributed by atoms with Crippen LogP contribution in [0.15, 0.2) is 64.7 Å². The van der Waals surface area contributed by atoms with Crippen molar-refractivity contribution in [2.45, 2.75) is 58.8 Å². The topological polar surface area (TPSA) is 124 Å². The number of ether oxygens (including phenoxy) is 1. The van der Waals surface area contributed by atoms with E-state index < -0.39 is 18.1 Å². The number of aliphatic hydroxyl groups is 2. The maximum Gasteiger partial charge on any atom is 0.298 e. The van der Waals surface area contributed by atoms with Crippen LogP contribution >= 0.6 is 11.3 Å². The summed E-state index contributed by atoms with van der Waals surface area (Å²) >= 11 is 1.43. The van der Waals surface area contributed by atoms with Crippen LogP contribution in [-0.2, 0) is 17.8 Å². The van der Waals surface area contributed by atoms with Crippen molar-refractivity contribution in [3.05, 3.63) is 76.2 Å². The summed E-state index contributed by atoms with van der Waals surface area (Å²) in [5.41, 5.74) is 4.32. The van der Waals surface area contributed by atoms with Crippen LogP contribution in [-0.4, -0.2) is 75.7 Å². The van der Waals surface area contributed by atoms with Gasteiger partial charge in [-0.15, -0.1) is 11.3 Å². The van der Waals surface area contributed by atoms with Crippen LogP contribution in [0.2, 0.25) is 0 Å². The Morgan fingerprint density at radius 1 is 1.19 bits per heavy atom. The number of thiazole rings is 1. The van der Waals surface area contributed by atoms with E-state index in [1.54, 1.807) is 34.8 Å². The Hall–Kier alpha value is -3.35. The molecule has 0 bridgehead atoms. The Morgan fingerprint density at radius 2 is 1.95 bits per heavy atom. The molecule has 0 saturated heterocycles. The molecule has 3 atom stereocenters. The molecular weight excluding hydrogens is 554 g/mol. The number of aromatic nitrogens is 2. The molecule has 2 heterocycles. The van der Waals surface area contributed by atoms with Crippen LogP contribution < -0.4 is 10.2 Å². The van der Waals surface area contributed by atoms with Gasteiger partial charge in [0.25, 0.3) is 11.9 Å². The summed E-state index contributed by atoms with van der Waals surface area (Å²) in [7, 11) is 1.89. The number of oxazole rings is 1. The van der Waals surface area contributed by atoms with Crippen molar-refractivity contribution in [1.29, 1.82) is 0 Å². The first-order valence-electron chi connectivity index (χ1n) is 14.2. The Labute approximate surface area is 251 Å². The van der Waals surface area contributed by atoms with Gasteiger partial charge in [0.15, 0.2) is 5.58 Å². The summed E-state index contributed by atoms with van der Waals surface area (Å²) in [6.45, 7) is 8.94. The first-order chi connectivity index (χ1) is 20.0.